The Morgan fingerprint density at radius 1 is 1.11 bits per heavy atom. The van der Waals surface area contributed by atoms with E-state index in [1.165, 1.54) is 0 Å². The zero-order valence-corrected chi connectivity index (χ0v) is 25.2. The van der Waals surface area contributed by atoms with E-state index in [1.54, 1.807) is 0 Å². The van der Waals surface area contributed by atoms with Crippen LogP contribution in [0.25, 0.3) is 0 Å². The Morgan fingerprint density at radius 2 is 1.74 bits per heavy atom. The molecule has 0 heterocycles. The molecule has 0 spiro atoms. The van der Waals surface area contributed by atoms with Crippen LogP contribution in [0.1, 0.15) is 106 Å². The fraction of sp³-hybridized carbons (Fsp3) is 0.933. The Bertz CT molecular complexity index is 771. The molecule has 0 aromatic carbocycles. The Hall–Kier alpha value is -0.683. The van der Waals surface area contributed by atoms with Gasteiger partial charge in [0.15, 0.2) is 8.32 Å². The molecular weight excluding hydrogens is 452 g/mol. The third kappa shape index (κ3) is 5.61. The van der Waals surface area contributed by atoms with Crippen molar-refractivity contribution in [3.8, 4) is 0 Å². The van der Waals surface area contributed by atoms with Crippen molar-refractivity contribution < 1.29 is 19.1 Å². The van der Waals surface area contributed by atoms with Crippen LogP contribution >= 0.6 is 0 Å². The number of fused-ring (bicyclic) bond motifs is 3. The highest BCUT2D eigenvalue weighted by Crippen LogP contribution is 2.62. The van der Waals surface area contributed by atoms with E-state index in [9.17, 15) is 14.7 Å². The SMILES string of the molecule is CC[C@@H]1CCC(O[Si](C)(C)C(C)(C)C)CCC(C)[C@H]2CCC3(C)C([C@H](C)C(=O)O)CC[C@H]3[C@@H]2C1=O. The Kier molecular flexibility index (Phi) is 8.74. The van der Waals surface area contributed by atoms with E-state index < -0.39 is 14.3 Å². The van der Waals surface area contributed by atoms with Gasteiger partial charge in [-0.25, -0.2) is 0 Å². The first-order chi connectivity index (χ1) is 16.1. The molecule has 35 heavy (non-hydrogen) atoms. The number of carbonyl (C=O) groups is 2. The molecule has 3 aliphatic carbocycles. The van der Waals surface area contributed by atoms with E-state index >= 15 is 0 Å². The largest absolute Gasteiger partial charge is 0.481 e. The van der Waals surface area contributed by atoms with E-state index in [-0.39, 0.29) is 40.2 Å². The van der Waals surface area contributed by atoms with Crippen molar-refractivity contribution >= 4 is 20.1 Å². The Balaban J connectivity index is 1.87. The molecule has 0 radical (unpaired) electrons. The normalized spacial score (nSPS) is 40.0. The third-order valence-electron chi connectivity index (χ3n) is 11.4. The minimum atomic E-state index is -1.85. The van der Waals surface area contributed by atoms with Gasteiger partial charge >= 0.3 is 5.97 Å². The van der Waals surface area contributed by atoms with E-state index in [0.717, 1.165) is 57.8 Å². The maximum absolute atomic E-state index is 14.3. The molecule has 3 rings (SSSR count). The Labute approximate surface area is 216 Å². The van der Waals surface area contributed by atoms with Crippen molar-refractivity contribution in [2.24, 2.45) is 46.8 Å². The first-order valence-electron chi connectivity index (χ1n) is 14.6. The fourth-order valence-electron chi connectivity index (χ4n) is 7.98. The van der Waals surface area contributed by atoms with E-state index in [4.69, 9.17) is 4.43 Å². The molecule has 4 nitrogen and oxygen atoms in total. The van der Waals surface area contributed by atoms with Gasteiger partial charge in [0, 0.05) is 17.9 Å². The van der Waals surface area contributed by atoms with Crippen LogP contribution in [-0.4, -0.2) is 31.3 Å². The number of aliphatic carboxylic acids is 1. The lowest BCUT2D eigenvalue weighted by Gasteiger charge is -2.51. The van der Waals surface area contributed by atoms with Crippen molar-refractivity contribution in [1.29, 1.82) is 0 Å². The van der Waals surface area contributed by atoms with Crippen molar-refractivity contribution in [2.45, 2.75) is 130 Å². The zero-order chi connectivity index (χ0) is 26.3. The second kappa shape index (κ2) is 10.6. The summed E-state index contributed by atoms with van der Waals surface area (Å²) in [5.74, 6) is 1.17. The summed E-state index contributed by atoms with van der Waals surface area (Å²) in [6, 6.07) is 0. The van der Waals surface area contributed by atoms with Crippen molar-refractivity contribution in [1.82, 2.24) is 0 Å². The van der Waals surface area contributed by atoms with Gasteiger partial charge in [0.05, 0.1) is 5.92 Å². The van der Waals surface area contributed by atoms with Gasteiger partial charge in [-0.05, 0) is 105 Å². The molecule has 0 bridgehead atoms. The first-order valence-corrected chi connectivity index (χ1v) is 17.5. The van der Waals surface area contributed by atoms with Crippen molar-refractivity contribution in [3.63, 3.8) is 0 Å². The number of hydrogen-bond donors (Lipinski definition) is 1. The molecule has 0 aliphatic heterocycles. The molecule has 0 aromatic heterocycles. The summed E-state index contributed by atoms with van der Waals surface area (Å²) >= 11 is 0. The van der Waals surface area contributed by atoms with Crippen LogP contribution in [0.2, 0.25) is 18.1 Å². The lowest BCUT2D eigenvalue weighted by Crippen LogP contribution is -2.50. The van der Waals surface area contributed by atoms with Crippen LogP contribution in [0.3, 0.4) is 0 Å². The fourth-order valence-corrected chi connectivity index (χ4v) is 9.40. The lowest BCUT2D eigenvalue weighted by molar-refractivity contribution is -0.147. The summed E-state index contributed by atoms with van der Waals surface area (Å²) < 4.78 is 6.91. The number of carbonyl (C=O) groups excluding carboxylic acids is 1. The average molecular weight is 507 g/mol. The van der Waals surface area contributed by atoms with Crippen LogP contribution < -0.4 is 0 Å². The van der Waals surface area contributed by atoms with Crippen LogP contribution in [0.15, 0.2) is 0 Å². The number of carboxylic acid groups (broad SMARTS) is 1. The summed E-state index contributed by atoms with van der Waals surface area (Å²) in [5.41, 5.74) is -0.0231. The number of hydrogen-bond acceptors (Lipinski definition) is 3. The minimum absolute atomic E-state index is 0.0231. The monoisotopic (exact) mass is 506 g/mol. The van der Waals surface area contributed by atoms with Crippen LogP contribution in [0.5, 0.6) is 0 Å². The van der Waals surface area contributed by atoms with E-state index in [2.05, 4.69) is 54.6 Å². The van der Waals surface area contributed by atoms with E-state index in [1.807, 2.05) is 6.92 Å². The van der Waals surface area contributed by atoms with Crippen LogP contribution in [0.4, 0.5) is 0 Å². The second-order valence-electron chi connectivity index (χ2n) is 14.3. The van der Waals surface area contributed by atoms with Gasteiger partial charge in [-0.1, -0.05) is 48.5 Å². The number of Topliss-reactive ketones (excluding diaryl/α,β-unsaturated/α-hetero) is 1. The van der Waals surface area contributed by atoms with Crippen LogP contribution in [-0.2, 0) is 14.0 Å². The lowest BCUT2D eigenvalue weighted by atomic mass is 9.52. The number of carboxylic acids is 1. The molecule has 3 saturated carbocycles. The molecule has 202 valence electrons. The van der Waals surface area contributed by atoms with Crippen LogP contribution in [0, 0.1) is 46.8 Å². The number of ketones is 1. The van der Waals surface area contributed by atoms with Gasteiger partial charge in [0.1, 0.15) is 5.78 Å². The second-order valence-corrected chi connectivity index (χ2v) is 19.0. The predicted octanol–water partition coefficient (Wildman–Crippen LogP) is 7.96. The summed E-state index contributed by atoms with van der Waals surface area (Å²) in [6.45, 7) is 20.4. The predicted molar refractivity (Wildman–Crippen MR) is 146 cm³/mol. The molecule has 0 saturated heterocycles. The van der Waals surface area contributed by atoms with Gasteiger partial charge < -0.3 is 9.53 Å². The molecule has 3 fully saturated rings. The maximum Gasteiger partial charge on any atom is 0.306 e. The average Bonchev–Trinajstić information content (AvgIpc) is 3.11. The molecule has 9 atom stereocenters. The quantitative estimate of drug-likeness (QED) is 0.384. The van der Waals surface area contributed by atoms with Crippen molar-refractivity contribution in [3.05, 3.63) is 0 Å². The molecule has 3 aliphatic rings. The minimum Gasteiger partial charge on any atom is -0.481 e. The highest BCUT2D eigenvalue weighted by Gasteiger charge is 2.58. The standard InChI is InChI=1S/C30H54O4Si/c1-10-21-12-14-22(34-35(8,9)29(4,5)6)13-11-19(2)23-17-18-30(7)24(20(3)28(32)33)15-16-25(30)26(23)27(21)31/h19-26H,10-18H2,1-9H3,(H,32,33)/t19?,20-,21+,22?,23+,24?,25-,26+,30?/m0/s1. The highest BCUT2D eigenvalue weighted by molar-refractivity contribution is 6.74. The van der Waals surface area contributed by atoms with Gasteiger partial charge in [0.25, 0.3) is 0 Å². The zero-order valence-electron chi connectivity index (χ0n) is 24.2. The van der Waals surface area contributed by atoms with Crippen molar-refractivity contribution in [2.75, 3.05) is 0 Å². The summed E-state index contributed by atoms with van der Waals surface area (Å²) in [5, 5.41) is 9.98. The summed E-state index contributed by atoms with van der Waals surface area (Å²) in [6.07, 6.45) is 9.43. The first kappa shape index (κ1) is 28.9. The summed E-state index contributed by atoms with van der Waals surface area (Å²) in [7, 11) is -1.85. The molecule has 1 N–H and O–H groups in total. The molecule has 0 aromatic rings. The van der Waals surface area contributed by atoms with Gasteiger partial charge in [0.2, 0.25) is 0 Å². The number of rotatable bonds is 5. The molecule has 5 heteroatoms. The molecule has 0 amide bonds. The van der Waals surface area contributed by atoms with Gasteiger partial charge in [-0.15, -0.1) is 0 Å². The Morgan fingerprint density at radius 3 is 2.31 bits per heavy atom. The smallest absolute Gasteiger partial charge is 0.306 e. The van der Waals surface area contributed by atoms with E-state index in [0.29, 0.717) is 23.5 Å². The highest BCUT2D eigenvalue weighted by atomic mass is 28.4. The molecular formula is C30H54O4Si. The maximum atomic E-state index is 14.3. The topological polar surface area (TPSA) is 63.6 Å². The summed E-state index contributed by atoms with van der Waals surface area (Å²) in [4.78, 5) is 26.2. The third-order valence-corrected chi connectivity index (χ3v) is 15.9. The van der Waals surface area contributed by atoms with Gasteiger partial charge in [-0.2, -0.15) is 0 Å². The van der Waals surface area contributed by atoms with Gasteiger partial charge in [-0.3, -0.25) is 9.59 Å². The molecule has 4 unspecified atom stereocenters.